The van der Waals surface area contributed by atoms with Gasteiger partial charge in [-0.2, -0.15) is 5.26 Å². The van der Waals surface area contributed by atoms with Gasteiger partial charge in [-0.15, -0.1) is 0 Å². The van der Waals surface area contributed by atoms with Gasteiger partial charge in [0.15, 0.2) is 0 Å². The highest BCUT2D eigenvalue weighted by Crippen LogP contribution is 2.05. The monoisotopic (exact) mass is 194 g/mol. The van der Waals surface area contributed by atoms with E-state index < -0.39 is 0 Å². The Kier molecular flexibility index (Phi) is 4.36. The maximum absolute atomic E-state index is 11.5. The van der Waals surface area contributed by atoms with Crippen LogP contribution in [0.15, 0.2) is 11.6 Å². The molecule has 0 aliphatic heterocycles. The van der Waals surface area contributed by atoms with Gasteiger partial charge in [0.2, 0.25) is 5.91 Å². The molecule has 0 aromatic carbocycles. The Morgan fingerprint density at radius 1 is 1.50 bits per heavy atom. The van der Waals surface area contributed by atoms with Crippen molar-refractivity contribution in [3.05, 3.63) is 11.6 Å². The van der Waals surface area contributed by atoms with Crippen LogP contribution in [-0.4, -0.2) is 11.4 Å². The third kappa shape index (κ3) is 5.36. The molecule has 3 heteroatoms. The van der Waals surface area contributed by atoms with E-state index in [1.807, 2.05) is 20.8 Å². The fourth-order valence-corrected chi connectivity index (χ4v) is 0.927. The Balaban J connectivity index is 4.42. The van der Waals surface area contributed by atoms with Crippen molar-refractivity contribution >= 4 is 5.91 Å². The molecule has 0 aromatic rings. The van der Waals surface area contributed by atoms with Crippen LogP contribution < -0.4 is 5.32 Å². The van der Waals surface area contributed by atoms with E-state index >= 15 is 0 Å². The molecule has 1 unspecified atom stereocenters. The molecule has 0 aromatic heterocycles. The lowest BCUT2D eigenvalue weighted by Crippen LogP contribution is -2.41. The van der Waals surface area contributed by atoms with Crippen molar-refractivity contribution < 1.29 is 4.79 Å². The van der Waals surface area contributed by atoms with E-state index in [0.29, 0.717) is 5.57 Å². The van der Waals surface area contributed by atoms with Crippen LogP contribution in [0.3, 0.4) is 0 Å². The Hall–Kier alpha value is -1.30. The smallest absolute Gasteiger partial charge is 0.247 e. The minimum atomic E-state index is -0.234. The van der Waals surface area contributed by atoms with Crippen LogP contribution in [0.25, 0.3) is 0 Å². The van der Waals surface area contributed by atoms with Gasteiger partial charge in [-0.25, -0.2) is 0 Å². The quantitative estimate of drug-likeness (QED) is 0.683. The van der Waals surface area contributed by atoms with Crippen molar-refractivity contribution in [1.82, 2.24) is 5.32 Å². The molecule has 1 atom stereocenters. The third-order valence-electron chi connectivity index (χ3n) is 1.55. The maximum atomic E-state index is 11.5. The first-order valence-electron chi connectivity index (χ1n) is 4.67. The zero-order valence-corrected chi connectivity index (χ0v) is 9.51. The summed E-state index contributed by atoms with van der Waals surface area (Å²) >= 11 is 0. The summed E-state index contributed by atoms with van der Waals surface area (Å²) in [5.74, 6) is -0.333. The van der Waals surface area contributed by atoms with Crippen LogP contribution in [0.2, 0.25) is 0 Å². The van der Waals surface area contributed by atoms with E-state index in [-0.39, 0.29) is 17.4 Å². The van der Waals surface area contributed by atoms with Crippen LogP contribution in [0.4, 0.5) is 0 Å². The average Bonchev–Trinajstić information content (AvgIpc) is 2.00. The number of nitriles is 1. The van der Waals surface area contributed by atoms with Gasteiger partial charge in [-0.05, 0) is 34.6 Å². The first-order valence-corrected chi connectivity index (χ1v) is 4.67. The molecular weight excluding hydrogens is 176 g/mol. The number of hydrogen-bond donors (Lipinski definition) is 1. The van der Waals surface area contributed by atoms with E-state index in [1.54, 1.807) is 19.9 Å². The lowest BCUT2D eigenvalue weighted by Gasteiger charge is -2.20. The average molecular weight is 194 g/mol. The van der Waals surface area contributed by atoms with Gasteiger partial charge < -0.3 is 5.32 Å². The van der Waals surface area contributed by atoms with Crippen molar-refractivity contribution in [3.63, 3.8) is 0 Å². The van der Waals surface area contributed by atoms with E-state index in [9.17, 15) is 4.79 Å². The first kappa shape index (κ1) is 12.7. The Morgan fingerprint density at radius 3 is 2.36 bits per heavy atom. The van der Waals surface area contributed by atoms with Gasteiger partial charge in [0.1, 0.15) is 0 Å². The van der Waals surface area contributed by atoms with E-state index in [0.717, 1.165) is 0 Å². The Labute approximate surface area is 85.8 Å². The zero-order valence-electron chi connectivity index (χ0n) is 9.51. The van der Waals surface area contributed by atoms with E-state index in [1.165, 1.54) is 0 Å². The predicted molar refractivity (Wildman–Crippen MR) is 56.4 cm³/mol. The van der Waals surface area contributed by atoms with Crippen molar-refractivity contribution in [3.8, 4) is 6.07 Å². The summed E-state index contributed by atoms with van der Waals surface area (Å²) in [6, 6.07) is 2.06. The zero-order chi connectivity index (χ0) is 11.4. The highest BCUT2D eigenvalue weighted by atomic mass is 16.1. The third-order valence-corrected chi connectivity index (χ3v) is 1.55. The Bertz CT molecular complexity index is 279. The molecule has 14 heavy (non-hydrogen) atoms. The van der Waals surface area contributed by atoms with Crippen LogP contribution in [0.1, 0.15) is 34.6 Å². The van der Waals surface area contributed by atoms with Crippen molar-refractivity contribution in [1.29, 1.82) is 5.26 Å². The molecule has 0 aliphatic rings. The molecule has 0 saturated carbocycles. The molecule has 3 nitrogen and oxygen atoms in total. The summed E-state index contributed by atoms with van der Waals surface area (Å²) in [4.78, 5) is 11.5. The number of allylic oxidation sites excluding steroid dienone is 1. The summed E-state index contributed by atoms with van der Waals surface area (Å²) in [6.07, 6.45) is 1.67. The largest absolute Gasteiger partial charge is 0.348 e. The van der Waals surface area contributed by atoms with Gasteiger partial charge in [-0.1, -0.05) is 6.08 Å². The Morgan fingerprint density at radius 2 is 2.00 bits per heavy atom. The van der Waals surface area contributed by atoms with Crippen LogP contribution >= 0.6 is 0 Å². The fraction of sp³-hybridized carbons (Fsp3) is 0.636. The first-order chi connectivity index (χ1) is 6.26. The number of carbonyl (C=O) groups excluding carboxylic acids is 1. The topological polar surface area (TPSA) is 52.9 Å². The van der Waals surface area contributed by atoms with E-state index in [2.05, 4.69) is 11.4 Å². The number of nitrogens with one attached hydrogen (secondary N) is 1. The maximum Gasteiger partial charge on any atom is 0.247 e. The van der Waals surface area contributed by atoms with Gasteiger partial charge in [0.25, 0.3) is 0 Å². The summed E-state index contributed by atoms with van der Waals surface area (Å²) in [5, 5.41) is 11.4. The number of nitrogens with zero attached hydrogens (tertiary/aromatic N) is 1. The molecular formula is C11H18N2O. The highest BCUT2D eigenvalue weighted by molar-refractivity contribution is 5.93. The van der Waals surface area contributed by atoms with Crippen LogP contribution in [0, 0.1) is 17.2 Å². The summed E-state index contributed by atoms with van der Waals surface area (Å²) in [6.45, 7) is 9.24. The van der Waals surface area contributed by atoms with E-state index in [4.69, 9.17) is 5.26 Å². The van der Waals surface area contributed by atoms with Crippen LogP contribution in [0.5, 0.6) is 0 Å². The molecule has 1 amide bonds. The SMILES string of the molecule is C/C(=C\C(C)C#N)C(=O)NC(C)(C)C. The molecule has 0 heterocycles. The summed E-state index contributed by atoms with van der Waals surface area (Å²) < 4.78 is 0. The predicted octanol–water partition coefficient (Wildman–Crippen LogP) is 2.01. The van der Waals surface area contributed by atoms with Gasteiger partial charge >= 0.3 is 0 Å². The molecule has 1 N–H and O–H groups in total. The van der Waals surface area contributed by atoms with Crippen molar-refractivity contribution in [2.45, 2.75) is 40.2 Å². The molecule has 0 bridgehead atoms. The lowest BCUT2D eigenvalue weighted by atomic mass is 10.1. The van der Waals surface area contributed by atoms with Crippen LogP contribution in [-0.2, 0) is 4.79 Å². The number of carbonyl (C=O) groups is 1. The second-order valence-corrected chi connectivity index (χ2v) is 4.47. The second kappa shape index (κ2) is 4.80. The highest BCUT2D eigenvalue weighted by Gasteiger charge is 2.14. The fourth-order valence-electron chi connectivity index (χ4n) is 0.927. The molecule has 0 rings (SSSR count). The number of amides is 1. The minimum absolute atomic E-state index is 0.111. The molecule has 0 aliphatic carbocycles. The minimum Gasteiger partial charge on any atom is -0.348 e. The van der Waals surface area contributed by atoms with Gasteiger partial charge in [0.05, 0.1) is 12.0 Å². The standard InChI is InChI=1S/C11H18N2O/c1-8(7-12)6-9(2)10(14)13-11(3,4)5/h6,8H,1-5H3,(H,13,14)/b9-6+. The normalized spacial score (nSPS) is 14.4. The molecule has 78 valence electrons. The summed E-state index contributed by atoms with van der Waals surface area (Å²) in [7, 11) is 0. The van der Waals surface area contributed by atoms with Gasteiger partial charge in [-0.3, -0.25) is 4.79 Å². The lowest BCUT2D eigenvalue weighted by molar-refractivity contribution is -0.118. The summed E-state index contributed by atoms with van der Waals surface area (Å²) in [5.41, 5.74) is 0.358. The number of rotatable bonds is 2. The number of hydrogen-bond acceptors (Lipinski definition) is 2. The molecule has 0 spiro atoms. The second-order valence-electron chi connectivity index (χ2n) is 4.47. The molecule has 0 radical (unpaired) electrons. The molecule has 0 saturated heterocycles. The van der Waals surface area contributed by atoms with Gasteiger partial charge in [0, 0.05) is 11.1 Å². The van der Waals surface area contributed by atoms with Crippen molar-refractivity contribution in [2.24, 2.45) is 5.92 Å². The molecule has 0 fully saturated rings. The van der Waals surface area contributed by atoms with Crippen molar-refractivity contribution in [2.75, 3.05) is 0 Å².